The normalized spacial score (nSPS) is 31.2. The molecule has 14 nitrogen and oxygen atoms in total. The van der Waals surface area contributed by atoms with Gasteiger partial charge in [0.15, 0.2) is 22.8 Å². The number of aromatic hydroxyl groups is 1. The van der Waals surface area contributed by atoms with E-state index in [2.05, 4.69) is 15.3 Å². The highest BCUT2D eigenvalue weighted by molar-refractivity contribution is 7.86. The van der Waals surface area contributed by atoms with E-state index in [1.807, 2.05) is 0 Å². The lowest BCUT2D eigenvalue weighted by molar-refractivity contribution is -0.219. The van der Waals surface area contributed by atoms with Crippen LogP contribution in [0.4, 0.5) is 0 Å². The van der Waals surface area contributed by atoms with Crippen LogP contribution in [0.1, 0.15) is 10.4 Å². The third-order valence-corrected chi connectivity index (χ3v) is 6.79. The second-order valence-electron chi connectivity index (χ2n) is 7.39. The topological polar surface area (TPSA) is 233 Å². The number of nitrogens with zero attached hydrogens (tertiary/aromatic N) is 3. The molecule has 4 unspecified atom stereocenters. The predicted octanol–water partition coefficient (Wildman–Crippen LogP) is -3.52. The number of phenols is 1. The third-order valence-electron chi connectivity index (χ3n) is 5.60. The molecule has 1 fully saturated rings. The van der Waals surface area contributed by atoms with Crippen LogP contribution in [-0.2, 0) is 14.9 Å². The summed E-state index contributed by atoms with van der Waals surface area (Å²) in [6.45, 7) is -1.01. The summed E-state index contributed by atoms with van der Waals surface area (Å²) < 4.78 is 38.3. The molecular weight excluding hydrogens is 436 g/mol. The number of esters is 1. The van der Waals surface area contributed by atoms with Crippen molar-refractivity contribution in [3.8, 4) is 5.75 Å². The Balaban J connectivity index is 1.65. The van der Waals surface area contributed by atoms with Crippen molar-refractivity contribution in [3.05, 3.63) is 29.8 Å². The second kappa shape index (κ2) is 6.68. The monoisotopic (exact) mass is 456 g/mol. The molecule has 0 bridgehead atoms. The SMILES string of the molecule is NC1=NC2C(COC(=O)c3ccc(O)cc3)N=C(N)N3CC(S(=O)(=O)O)C(O)(O)C23N1. The van der Waals surface area contributed by atoms with E-state index in [0.29, 0.717) is 0 Å². The number of hydrogen-bond donors (Lipinski definition) is 7. The van der Waals surface area contributed by atoms with Crippen LogP contribution in [0.2, 0.25) is 0 Å². The van der Waals surface area contributed by atoms with Gasteiger partial charge in [-0.2, -0.15) is 8.42 Å². The minimum Gasteiger partial charge on any atom is -0.508 e. The van der Waals surface area contributed by atoms with Gasteiger partial charge in [-0.25, -0.2) is 14.8 Å². The Morgan fingerprint density at radius 3 is 2.52 bits per heavy atom. The molecule has 168 valence electrons. The first-order chi connectivity index (χ1) is 14.4. The van der Waals surface area contributed by atoms with Gasteiger partial charge in [0, 0.05) is 6.54 Å². The summed E-state index contributed by atoms with van der Waals surface area (Å²) in [5.74, 6) is -4.43. The van der Waals surface area contributed by atoms with Crippen LogP contribution >= 0.6 is 0 Å². The minimum atomic E-state index is -4.93. The van der Waals surface area contributed by atoms with E-state index in [9.17, 15) is 33.1 Å². The van der Waals surface area contributed by atoms with Crippen molar-refractivity contribution in [2.24, 2.45) is 21.5 Å². The Kier molecular flexibility index (Phi) is 4.55. The number of carbonyl (C=O) groups is 1. The highest BCUT2D eigenvalue weighted by Gasteiger charge is 2.75. The molecule has 0 saturated carbocycles. The van der Waals surface area contributed by atoms with E-state index >= 15 is 0 Å². The highest BCUT2D eigenvalue weighted by Crippen LogP contribution is 2.46. The lowest BCUT2D eigenvalue weighted by atomic mass is 9.86. The van der Waals surface area contributed by atoms with Crippen molar-refractivity contribution in [1.82, 2.24) is 10.2 Å². The molecule has 0 amide bonds. The summed E-state index contributed by atoms with van der Waals surface area (Å²) in [6.07, 6.45) is 0. The Morgan fingerprint density at radius 2 is 1.90 bits per heavy atom. The van der Waals surface area contributed by atoms with Crippen molar-refractivity contribution < 1.29 is 37.8 Å². The van der Waals surface area contributed by atoms with Gasteiger partial charge in [-0.3, -0.25) is 4.55 Å². The molecule has 4 atom stereocenters. The third kappa shape index (κ3) is 3.04. The summed E-state index contributed by atoms with van der Waals surface area (Å²) in [7, 11) is -4.93. The van der Waals surface area contributed by atoms with E-state index in [4.69, 9.17) is 16.2 Å². The summed E-state index contributed by atoms with van der Waals surface area (Å²) in [6, 6.07) is 2.98. The zero-order valence-corrected chi connectivity index (χ0v) is 16.6. The molecule has 4 rings (SSSR count). The van der Waals surface area contributed by atoms with Crippen molar-refractivity contribution in [1.29, 1.82) is 0 Å². The molecule has 3 aliphatic rings. The maximum Gasteiger partial charge on any atom is 0.338 e. The van der Waals surface area contributed by atoms with Gasteiger partial charge in [0.1, 0.15) is 24.4 Å². The Hall–Kier alpha value is -3.14. The molecular formula is C16H20N6O8S. The van der Waals surface area contributed by atoms with E-state index < -0.39 is 58.0 Å². The van der Waals surface area contributed by atoms with Gasteiger partial charge in [-0.05, 0) is 24.3 Å². The summed E-state index contributed by atoms with van der Waals surface area (Å²) >= 11 is 0. The number of rotatable bonds is 4. The average Bonchev–Trinajstić information content (AvgIpc) is 3.14. The van der Waals surface area contributed by atoms with Crippen LogP contribution in [0.3, 0.4) is 0 Å². The molecule has 9 N–H and O–H groups in total. The first-order valence-corrected chi connectivity index (χ1v) is 10.5. The molecule has 15 heteroatoms. The van der Waals surface area contributed by atoms with E-state index in [0.717, 1.165) is 4.90 Å². The Labute approximate surface area is 175 Å². The van der Waals surface area contributed by atoms with Gasteiger partial charge in [-0.15, -0.1) is 0 Å². The minimum absolute atomic E-state index is 0.0399. The van der Waals surface area contributed by atoms with Crippen LogP contribution in [-0.4, -0.2) is 93.0 Å². The molecule has 3 heterocycles. The van der Waals surface area contributed by atoms with Gasteiger partial charge in [-0.1, -0.05) is 0 Å². The number of ether oxygens (including phenoxy) is 1. The molecule has 1 aromatic carbocycles. The number of nitrogens with one attached hydrogen (secondary N) is 1. The average molecular weight is 456 g/mol. The largest absolute Gasteiger partial charge is 0.508 e. The zero-order valence-electron chi connectivity index (χ0n) is 15.8. The molecule has 31 heavy (non-hydrogen) atoms. The smallest absolute Gasteiger partial charge is 0.338 e. The molecule has 0 aliphatic carbocycles. The van der Waals surface area contributed by atoms with Gasteiger partial charge in [0.05, 0.1) is 5.56 Å². The molecule has 0 aromatic heterocycles. The molecule has 1 saturated heterocycles. The lowest BCUT2D eigenvalue weighted by Gasteiger charge is -2.48. The number of phenolic OH excluding ortho intramolecular Hbond substituents is 1. The van der Waals surface area contributed by atoms with Gasteiger partial charge in [0.25, 0.3) is 10.1 Å². The molecule has 1 spiro atoms. The van der Waals surface area contributed by atoms with Crippen molar-refractivity contribution in [2.45, 2.75) is 28.8 Å². The maximum absolute atomic E-state index is 12.3. The standard InChI is InChI=1S/C16H20N6O8S/c17-13-20-11-9(6-30-12(24)7-1-3-8(23)4-2-7)19-14(18)22-5-10(31(27,28)29)16(25,26)15(11,22)21-13/h1-4,9-11,23,25-26H,5-6H2,(H2,18,19)(H3,17,20,21)(H,27,28,29). The summed E-state index contributed by atoms with van der Waals surface area (Å²) in [5, 5.41) is 31.4. The number of aliphatic hydroxyl groups is 2. The predicted molar refractivity (Wildman–Crippen MR) is 104 cm³/mol. The number of benzene rings is 1. The number of carbonyl (C=O) groups excluding carboxylic acids is 1. The fraction of sp³-hybridized carbons (Fsp3) is 0.438. The number of hydrogen-bond acceptors (Lipinski definition) is 13. The Morgan fingerprint density at radius 1 is 1.26 bits per heavy atom. The maximum atomic E-state index is 12.3. The second-order valence-corrected chi connectivity index (χ2v) is 8.99. The number of nitrogens with two attached hydrogens (primary N) is 2. The van der Waals surface area contributed by atoms with Crippen LogP contribution in [0.25, 0.3) is 0 Å². The van der Waals surface area contributed by atoms with Crippen LogP contribution in [0.5, 0.6) is 5.75 Å². The van der Waals surface area contributed by atoms with Crippen LogP contribution in [0, 0.1) is 0 Å². The van der Waals surface area contributed by atoms with Gasteiger partial charge < -0.3 is 41.7 Å². The van der Waals surface area contributed by atoms with Gasteiger partial charge >= 0.3 is 5.97 Å². The number of guanidine groups is 2. The zero-order chi connectivity index (χ0) is 22.8. The lowest BCUT2D eigenvalue weighted by Crippen LogP contribution is -2.77. The number of aliphatic imine (C=N–C) groups is 2. The molecule has 0 radical (unpaired) electrons. The van der Waals surface area contributed by atoms with E-state index in [1.165, 1.54) is 24.3 Å². The highest BCUT2D eigenvalue weighted by atomic mass is 32.2. The first-order valence-electron chi connectivity index (χ1n) is 8.97. The van der Waals surface area contributed by atoms with E-state index in [1.54, 1.807) is 0 Å². The first kappa shape index (κ1) is 21.1. The fourth-order valence-corrected chi connectivity index (χ4v) is 5.12. The fourth-order valence-electron chi connectivity index (χ4n) is 4.18. The Bertz CT molecular complexity index is 1090. The molecule has 3 aliphatic heterocycles. The van der Waals surface area contributed by atoms with Crippen molar-refractivity contribution in [3.63, 3.8) is 0 Å². The van der Waals surface area contributed by atoms with Crippen LogP contribution in [0.15, 0.2) is 34.3 Å². The molecule has 1 aromatic rings. The van der Waals surface area contributed by atoms with Crippen molar-refractivity contribution >= 4 is 28.0 Å². The van der Waals surface area contributed by atoms with Crippen LogP contribution < -0.4 is 16.8 Å². The van der Waals surface area contributed by atoms with Gasteiger partial charge in [0.2, 0.25) is 5.79 Å². The summed E-state index contributed by atoms with van der Waals surface area (Å²) in [4.78, 5) is 21.6. The van der Waals surface area contributed by atoms with E-state index in [-0.39, 0.29) is 23.2 Å². The summed E-state index contributed by atoms with van der Waals surface area (Å²) in [5.41, 5.74) is 9.76. The quantitative estimate of drug-likeness (QED) is 0.133. The van der Waals surface area contributed by atoms with Crippen molar-refractivity contribution in [2.75, 3.05) is 13.2 Å².